The van der Waals surface area contributed by atoms with Crippen molar-refractivity contribution in [2.45, 2.75) is 242 Å². The first-order valence-electron chi connectivity index (χ1n) is 23.8. The largest absolute Gasteiger partial charge is 0.457 e. The average molecular weight is 863 g/mol. The van der Waals surface area contributed by atoms with Gasteiger partial charge in [-0.3, -0.25) is 4.79 Å². The lowest BCUT2D eigenvalue weighted by molar-refractivity contribution is -0.332. The summed E-state index contributed by atoms with van der Waals surface area (Å²) in [6, 6.07) is 0. The Bertz CT molecular complexity index is 1050. The van der Waals surface area contributed by atoms with Crippen LogP contribution < -0.4 is 0 Å². The number of rotatable bonds is 37. The van der Waals surface area contributed by atoms with Crippen molar-refractivity contribution in [1.29, 1.82) is 0 Å². The monoisotopic (exact) mass is 863 g/mol. The van der Waals surface area contributed by atoms with Gasteiger partial charge in [-0.1, -0.05) is 142 Å². The lowest BCUT2D eigenvalue weighted by atomic mass is 9.98. The summed E-state index contributed by atoms with van der Waals surface area (Å²) in [4.78, 5) is 12.9. The third-order valence-electron chi connectivity index (χ3n) is 11.5. The molecule has 0 aliphatic carbocycles. The number of carbonyl (C=O) groups excluding carboxylic acids is 1. The second-order valence-electron chi connectivity index (χ2n) is 16.9. The van der Waals surface area contributed by atoms with Crippen LogP contribution in [-0.4, -0.2) is 142 Å². The van der Waals surface area contributed by atoms with Crippen molar-refractivity contribution >= 4 is 5.97 Å². The molecule has 0 saturated carbocycles. The van der Waals surface area contributed by atoms with Crippen LogP contribution in [0.5, 0.6) is 0 Å². The van der Waals surface area contributed by atoms with E-state index in [-0.39, 0.29) is 25.6 Å². The van der Waals surface area contributed by atoms with E-state index in [9.17, 15) is 40.5 Å². The van der Waals surface area contributed by atoms with E-state index in [1.54, 1.807) is 0 Å². The highest BCUT2D eigenvalue weighted by Gasteiger charge is 2.47. The summed E-state index contributed by atoms with van der Waals surface area (Å²) in [6.07, 6.45) is 17.0. The molecule has 14 nitrogen and oxygen atoms in total. The van der Waals surface area contributed by atoms with Crippen LogP contribution in [0, 0.1) is 0 Å². The average Bonchev–Trinajstić information content (AvgIpc) is 3.24. The third kappa shape index (κ3) is 23.4. The van der Waals surface area contributed by atoms with Gasteiger partial charge < -0.3 is 64.2 Å². The predicted molar refractivity (Wildman–Crippen MR) is 229 cm³/mol. The van der Waals surface area contributed by atoms with Gasteiger partial charge in [0.2, 0.25) is 0 Å². The molecule has 2 heterocycles. The van der Waals surface area contributed by atoms with E-state index in [1.165, 1.54) is 89.9 Å². The summed E-state index contributed by atoms with van der Waals surface area (Å²) < 4.78 is 34.2. The number of aliphatic hydroxyl groups is 7. The number of hydrogen-bond donors (Lipinski definition) is 7. The Hall–Kier alpha value is -1.27. The first kappa shape index (κ1) is 54.9. The zero-order valence-electron chi connectivity index (χ0n) is 37.2. The Morgan fingerprint density at radius 3 is 1.52 bits per heavy atom. The molecule has 0 amide bonds. The van der Waals surface area contributed by atoms with Crippen molar-refractivity contribution in [2.24, 2.45) is 0 Å². The highest BCUT2D eigenvalue weighted by molar-refractivity contribution is 5.69. The fraction of sp³-hybridized carbons (Fsp3) is 0.935. The van der Waals surface area contributed by atoms with E-state index in [4.69, 9.17) is 28.4 Å². The summed E-state index contributed by atoms with van der Waals surface area (Å²) in [5.74, 6) is -0.384. The van der Waals surface area contributed by atoms with Crippen LogP contribution in [0.15, 0.2) is 12.2 Å². The molecular weight excluding hydrogens is 776 g/mol. The van der Waals surface area contributed by atoms with E-state index in [0.717, 1.165) is 57.8 Å². The highest BCUT2D eigenvalue weighted by Crippen LogP contribution is 2.26. The Kier molecular flexibility index (Phi) is 32.1. The molecule has 2 aliphatic heterocycles. The van der Waals surface area contributed by atoms with Gasteiger partial charge in [0.1, 0.15) is 54.9 Å². The number of hydrogen-bond acceptors (Lipinski definition) is 14. The minimum atomic E-state index is -1.70. The number of esters is 1. The van der Waals surface area contributed by atoms with Crippen molar-refractivity contribution in [3.8, 4) is 0 Å². The van der Waals surface area contributed by atoms with Crippen LogP contribution in [0.1, 0.15) is 174 Å². The maximum atomic E-state index is 12.9. The van der Waals surface area contributed by atoms with Gasteiger partial charge in [-0.15, -0.1) is 0 Å². The van der Waals surface area contributed by atoms with E-state index >= 15 is 0 Å². The van der Waals surface area contributed by atoms with Crippen molar-refractivity contribution in [1.82, 2.24) is 0 Å². The van der Waals surface area contributed by atoms with Crippen LogP contribution in [0.4, 0.5) is 0 Å². The Balaban J connectivity index is 1.81. The third-order valence-corrected chi connectivity index (χ3v) is 11.5. The molecule has 60 heavy (non-hydrogen) atoms. The van der Waals surface area contributed by atoms with E-state index in [2.05, 4.69) is 26.0 Å². The molecule has 354 valence electrons. The molecule has 0 bridgehead atoms. The molecule has 2 fully saturated rings. The van der Waals surface area contributed by atoms with Crippen LogP contribution in [0.2, 0.25) is 0 Å². The Morgan fingerprint density at radius 1 is 0.533 bits per heavy atom. The molecule has 2 aliphatic rings. The van der Waals surface area contributed by atoms with Gasteiger partial charge in [0.15, 0.2) is 12.6 Å². The Labute approximate surface area is 361 Å². The summed E-state index contributed by atoms with van der Waals surface area (Å²) in [5.41, 5.74) is 0. The predicted octanol–water partition coefficient (Wildman–Crippen LogP) is 5.90. The molecule has 11 atom stereocenters. The van der Waals surface area contributed by atoms with Gasteiger partial charge >= 0.3 is 5.97 Å². The SMILES string of the molecule is CCCCCCC/C=C\CCCCCCCC(=O)OC(COCCCCCCCCCCCCCC)COC1OC(COC2OC(CO)C(O)C(O)C2O)C(O)C(O)C1O. The van der Waals surface area contributed by atoms with Gasteiger partial charge in [-0.2, -0.15) is 0 Å². The number of unbranched alkanes of at least 4 members (excludes halogenated alkanes) is 21. The van der Waals surface area contributed by atoms with Crippen LogP contribution in [0.3, 0.4) is 0 Å². The van der Waals surface area contributed by atoms with Crippen molar-refractivity contribution in [3.05, 3.63) is 12.2 Å². The smallest absolute Gasteiger partial charge is 0.306 e. The number of ether oxygens (including phenoxy) is 6. The summed E-state index contributed by atoms with van der Waals surface area (Å²) in [6.45, 7) is 3.67. The minimum absolute atomic E-state index is 0.0632. The van der Waals surface area contributed by atoms with Crippen molar-refractivity contribution < 1.29 is 69.0 Å². The molecule has 0 radical (unpaired) electrons. The van der Waals surface area contributed by atoms with E-state index in [0.29, 0.717) is 13.0 Å². The first-order chi connectivity index (χ1) is 29.1. The molecule has 14 heteroatoms. The van der Waals surface area contributed by atoms with Gasteiger partial charge in [0.05, 0.1) is 26.4 Å². The fourth-order valence-corrected chi connectivity index (χ4v) is 7.57. The lowest BCUT2D eigenvalue weighted by Gasteiger charge is -2.42. The zero-order valence-corrected chi connectivity index (χ0v) is 37.2. The van der Waals surface area contributed by atoms with Gasteiger partial charge in [0, 0.05) is 13.0 Å². The van der Waals surface area contributed by atoms with Crippen molar-refractivity contribution in [2.75, 3.05) is 33.0 Å². The fourth-order valence-electron chi connectivity index (χ4n) is 7.57. The summed E-state index contributed by atoms with van der Waals surface area (Å²) in [7, 11) is 0. The van der Waals surface area contributed by atoms with Crippen LogP contribution >= 0.6 is 0 Å². The maximum absolute atomic E-state index is 12.9. The van der Waals surface area contributed by atoms with E-state index in [1.807, 2.05) is 0 Å². The van der Waals surface area contributed by atoms with E-state index < -0.39 is 80.7 Å². The molecule has 0 aromatic carbocycles. The number of carbonyl (C=O) groups is 1. The minimum Gasteiger partial charge on any atom is -0.457 e. The second-order valence-corrected chi connectivity index (χ2v) is 16.9. The molecule has 2 saturated heterocycles. The molecular formula is C46H86O14. The number of allylic oxidation sites excluding steroid dienone is 2. The van der Waals surface area contributed by atoms with Gasteiger partial charge in [-0.05, 0) is 38.5 Å². The maximum Gasteiger partial charge on any atom is 0.306 e. The molecule has 7 N–H and O–H groups in total. The van der Waals surface area contributed by atoms with Crippen molar-refractivity contribution in [3.63, 3.8) is 0 Å². The molecule has 0 aromatic rings. The zero-order chi connectivity index (χ0) is 43.8. The molecule has 11 unspecified atom stereocenters. The number of aliphatic hydroxyl groups excluding tert-OH is 7. The van der Waals surface area contributed by atoms with Crippen LogP contribution in [0.25, 0.3) is 0 Å². The normalized spacial score (nSPS) is 27.8. The summed E-state index contributed by atoms with van der Waals surface area (Å²) >= 11 is 0. The summed E-state index contributed by atoms with van der Waals surface area (Å²) in [5, 5.41) is 71.9. The van der Waals surface area contributed by atoms with Crippen LogP contribution in [-0.2, 0) is 33.2 Å². The highest BCUT2D eigenvalue weighted by atomic mass is 16.7. The topological polar surface area (TPSA) is 214 Å². The molecule has 2 rings (SSSR count). The Morgan fingerprint density at radius 2 is 0.983 bits per heavy atom. The first-order valence-corrected chi connectivity index (χ1v) is 23.8. The second kappa shape index (κ2) is 35.1. The standard InChI is InChI=1S/C46H86O14/c1-3-5-7-9-11-13-15-17-18-19-21-23-25-27-29-38(48)58-35(32-55-30-28-26-24-22-20-16-14-12-10-8-6-4-2)33-56-45-44(54)42(52)40(50)37(60-45)34-57-46-43(53)41(51)39(49)36(31-47)59-46/h15,17,35-37,39-47,49-54H,3-14,16,18-34H2,1-2H3/b17-15-. The molecule has 0 aromatic heterocycles. The molecule has 0 spiro atoms. The quantitative estimate of drug-likeness (QED) is 0.0220. The lowest BCUT2D eigenvalue weighted by Crippen LogP contribution is -2.61. The van der Waals surface area contributed by atoms with Gasteiger partial charge in [-0.25, -0.2) is 0 Å². The van der Waals surface area contributed by atoms with Gasteiger partial charge in [0.25, 0.3) is 0 Å².